The van der Waals surface area contributed by atoms with Crippen molar-refractivity contribution in [2.75, 3.05) is 18.4 Å². The van der Waals surface area contributed by atoms with Crippen LogP contribution in [0.5, 0.6) is 0 Å². The lowest BCUT2D eigenvalue weighted by Crippen LogP contribution is -2.41. The minimum Gasteiger partial charge on any atom is -0.359 e. The zero-order chi connectivity index (χ0) is 14.4. The van der Waals surface area contributed by atoms with Gasteiger partial charge >= 0.3 is 0 Å². The Morgan fingerprint density at radius 3 is 2.53 bits per heavy atom. The number of aromatic nitrogens is 1. The minimum atomic E-state index is -0.513. The van der Waals surface area contributed by atoms with E-state index in [1.54, 1.807) is 11.8 Å². The molecule has 1 amide bonds. The number of pyridine rings is 1. The van der Waals surface area contributed by atoms with Gasteiger partial charge < -0.3 is 10.2 Å². The topological polar surface area (TPSA) is 88.4 Å². The van der Waals surface area contributed by atoms with E-state index in [9.17, 15) is 14.9 Å². The summed E-state index contributed by atoms with van der Waals surface area (Å²) in [6, 6.07) is 2.42. The molecule has 1 unspecified atom stereocenters. The molecule has 1 aromatic rings. The number of likely N-dealkylation sites (N-methyl/N-ethyl adjacent to an activating group) is 1. The van der Waals surface area contributed by atoms with Crippen LogP contribution in [0.4, 0.5) is 11.5 Å². The highest BCUT2D eigenvalue weighted by Crippen LogP contribution is 2.13. The van der Waals surface area contributed by atoms with Crippen LogP contribution in [0.1, 0.15) is 20.8 Å². The van der Waals surface area contributed by atoms with E-state index in [1.165, 1.54) is 12.1 Å². The van der Waals surface area contributed by atoms with Crippen LogP contribution < -0.4 is 5.32 Å². The highest BCUT2D eigenvalue weighted by atomic mass is 16.6. The van der Waals surface area contributed by atoms with Crippen molar-refractivity contribution in [3.8, 4) is 0 Å². The van der Waals surface area contributed by atoms with Gasteiger partial charge in [0.05, 0.1) is 4.92 Å². The average Bonchev–Trinajstić information content (AvgIpc) is 2.40. The molecule has 1 aromatic heterocycles. The van der Waals surface area contributed by atoms with Crippen LogP contribution in [0, 0.1) is 10.1 Å². The van der Waals surface area contributed by atoms with E-state index in [2.05, 4.69) is 10.3 Å². The van der Waals surface area contributed by atoms with Crippen molar-refractivity contribution < 1.29 is 9.72 Å². The van der Waals surface area contributed by atoms with Crippen molar-refractivity contribution in [3.05, 3.63) is 28.4 Å². The molecule has 7 nitrogen and oxygen atoms in total. The van der Waals surface area contributed by atoms with Gasteiger partial charge in [-0.15, -0.1) is 0 Å². The molecule has 1 rings (SSSR count). The second-order valence-electron chi connectivity index (χ2n) is 4.04. The lowest BCUT2D eigenvalue weighted by Gasteiger charge is -2.23. The zero-order valence-electron chi connectivity index (χ0n) is 11.3. The molecule has 0 saturated heterocycles. The Hall–Kier alpha value is -2.18. The molecule has 0 fully saturated rings. The van der Waals surface area contributed by atoms with Gasteiger partial charge in [0.25, 0.3) is 5.69 Å². The van der Waals surface area contributed by atoms with Crippen LogP contribution in [0.15, 0.2) is 18.3 Å². The SMILES string of the molecule is CCN(CC)C(=O)C(C)Nc1ccc([N+](=O)[O-])cn1. The fourth-order valence-electron chi connectivity index (χ4n) is 1.67. The van der Waals surface area contributed by atoms with Gasteiger partial charge in [-0.25, -0.2) is 4.98 Å². The second kappa shape index (κ2) is 6.67. The number of nitrogens with one attached hydrogen (secondary N) is 1. The molecule has 0 aliphatic rings. The summed E-state index contributed by atoms with van der Waals surface area (Å²) in [6.07, 6.45) is 1.16. The molecule has 0 bridgehead atoms. The van der Waals surface area contributed by atoms with Gasteiger partial charge in [0.2, 0.25) is 5.91 Å². The van der Waals surface area contributed by atoms with Gasteiger partial charge in [0, 0.05) is 19.2 Å². The van der Waals surface area contributed by atoms with E-state index in [0.717, 1.165) is 6.20 Å². The zero-order valence-corrected chi connectivity index (χ0v) is 11.3. The summed E-state index contributed by atoms with van der Waals surface area (Å²) < 4.78 is 0. The maximum atomic E-state index is 12.0. The molecule has 104 valence electrons. The van der Waals surface area contributed by atoms with Crippen molar-refractivity contribution >= 4 is 17.4 Å². The first-order valence-corrected chi connectivity index (χ1v) is 6.15. The maximum absolute atomic E-state index is 12.0. The van der Waals surface area contributed by atoms with E-state index >= 15 is 0 Å². The molecule has 0 aromatic carbocycles. The third-order valence-electron chi connectivity index (χ3n) is 2.77. The predicted molar refractivity (Wildman–Crippen MR) is 71.9 cm³/mol. The van der Waals surface area contributed by atoms with Crippen LogP contribution >= 0.6 is 0 Å². The number of hydrogen-bond acceptors (Lipinski definition) is 5. The summed E-state index contributed by atoms with van der Waals surface area (Å²) in [5.41, 5.74) is -0.0757. The molecule has 1 heterocycles. The molecule has 0 radical (unpaired) electrons. The molecule has 0 spiro atoms. The maximum Gasteiger partial charge on any atom is 0.287 e. The first kappa shape index (κ1) is 14.9. The highest BCUT2D eigenvalue weighted by molar-refractivity contribution is 5.84. The highest BCUT2D eigenvalue weighted by Gasteiger charge is 2.18. The van der Waals surface area contributed by atoms with Crippen molar-refractivity contribution in [2.45, 2.75) is 26.8 Å². The monoisotopic (exact) mass is 266 g/mol. The van der Waals surface area contributed by atoms with Crippen molar-refractivity contribution in [1.29, 1.82) is 0 Å². The Bertz CT molecular complexity index is 443. The van der Waals surface area contributed by atoms with Gasteiger partial charge in [-0.3, -0.25) is 14.9 Å². The third-order valence-corrected chi connectivity index (χ3v) is 2.77. The Balaban J connectivity index is 2.68. The van der Waals surface area contributed by atoms with Crippen LogP contribution in [-0.2, 0) is 4.79 Å². The standard InChI is InChI=1S/C12H18N4O3/c1-4-15(5-2)12(17)9(3)14-11-7-6-10(8-13-11)16(18)19/h6-9H,4-5H2,1-3H3,(H,13,14). The summed E-state index contributed by atoms with van der Waals surface area (Å²) in [6.45, 7) is 6.87. The van der Waals surface area contributed by atoms with E-state index < -0.39 is 11.0 Å². The molecule has 19 heavy (non-hydrogen) atoms. The van der Waals surface area contributed by atoms with Crippen molar-refractivity contribution in [1.82, 2.24) is 9.88 Å². The van der Waals surface area contributed by atoms with Crippen LogP contribution in [0.25, 0.3) is 0 Å². The molecule has 0 saturated carbocycles. The lowest BCUT2D eigenvalue weighted by molar-refractivity contribution is -0.385. The average molecular weight is 266 g/mol. The number of nitrogens with zero attached hydrogens (tertiary/aromatic N) is 3. The summed E-state index contributed by atoms with van der Waals surface area (Å²) in [5, 5.41) is 13.4. The number of carbonyl (C=O) groups is 1. The summed E-state index contributed by atoms with van der Waals surface area (Å²) >= 11 is 0. The first-order valence-electron chi connectivity index (χ1n) is 6.15. The Kier molecular flexibility index (Phi) is 5.23. The van der Waals surface area contributed by atoms with Gasteiger partial charge in [0.1, 0.15) is 18.1 Å². The van der Waals surface area contributed by atoms with Crippen LogP contribution in [0.2, 0.25) is 0 Å². The number of nitro groups is 1. The summed E-state index contributed by atoms with van der Waals surface area (Å²) in [7, 11) is 0. The van der Waals surface area contributed by atoms with E-state index in [1.807, 2.05) is 13.8 Å². The summed E-state index contributed by atoms with van der Waals surface area (Å²) in [5.74, 6) is 0.420. The van der Waals surface area contributed by atoms with Crippen molar-refractivity contribution in [2.24, 2.45) is 0 Å². The van der Waals surface area contributed by atoms with Crippen LogP contribution in [-0.4, -0.2) is 39.8 Å². The number of carbonyl (C=O) groups excluding carboxylic acids is 1. The lowest BCUT2D eigenvalue weighted by atomic mass is 10.2. The fourth-order valence-corrected chi connectivity index (χ4v) is 1.67. The minimum absolute atomic E-state index is 0.0230. The molecule has 1 atom stereocenters. The number of hydrogen-bond donors (Lipinski definition) is 1. The van der Waals surface area contributed by atoms with E-state index in [4.69, 9.17) is 0 Å². The molecular formula is C12H18N4O3. The number of rotatable bonds is 6. The van der Waals surface area contributed by atoms with Crippen LogP contribution in [0.3, 0.4) is 0 Å². The Morgan fingerprint density at radius 1 is 1.47 bits per heavy atom. The number of amides is 1. The predicted octanol–water partition coefficient (Wildman–Crippen LogP) is 1.66. The summed E-state index contributed by atoms with van der Waals surface area (Å²) in [4.78, 5) is 27.6. The molecule has 0 aliphatic carbocycles. The quantitative estimate of drug-likeness (QED) is 0.625. The Morgan fingerprint density at radius 2 is 2.11 bits per heavy atom. The third kappa shape index (κ3) is 3.90. The van der Waals surface area contributed by atoms with E-state index in [-0.39, 0.29) is 11.6 Å². The molecule has 7 heteroatoms. The first-order chi connectivity index (χ1) is 8.99. The Labute approximate surface area is 111 Å². The number of anilines is 1. The second-order valence-corrected chi connectivity index (χ2v) is 4.04. The van der Waals surface area contributed by atoms with Gasteiger partial charge in [-0.05, 0) is 26.8 Å². The van der Waals surface area contributed by atoms with Gasteiger partial charge in [-0.2, -0.15) is 0 Å². The fraction of sp³-hybridized carbons (Fsp3) is 0.500. The largest absolute Gasteiger partial charge is 0.359 e. The normalized spacial score (nSPS) is 11.7. The van der Waals surface area contributed by atoms with E-state index in [0.29, 0.717) is 18.9 Å². The molecular weight excluding hydrogens is 248 g/mol. The molecule has 1 N–H and O–H groups in total. The van der Waals surface area contributed by atoms with Gasteiger partial charge in [-0.1, -0.05) is 0 Å². The van der Waals surface area contributed by atoms with Crippen molar-refractivity contribution in [3.63, 3.8) is 0 Å². The molecule has 0 aliphatic heterocycles. The van der Waals surface area contributed by atoms with Gasteiger partial charge in [0.15, 0.2) is 0 Å². The smallest absolute Gasteiger partial charge is 0.287 e.